The molecule has 0 bridgehead atoms. The second-order valence-electron chi connectivity index (χ2n) is 2.44. The Balaban J connectivity index is 4.24. The number of carbonyl (C=O) groups excluding carboxylic acids is 1. The molecule has 5 nitrogen and oxygen atoms in total. The Labute approximate surface area is 72.2 Å². The summed E-state index contributed by atoms with van der Waals surface area (Å²) in [6.07, 6.45) is -9.25. The second-order valence-corrected chi connectivity index (χ2v) is 2.44. The summed E-state index contributed by atoms with van der Waals surface area (Å²) in [5, 5.41) is 34.4. The van der Waals surface area contributed by atoms with Crippen molar-refractivity contribution in [3.8, 4) is 0 Å². The average molecular weight is 200 g/mol. The third kappa shape index (κ3) is 3.31. The summed E-state index contributed by atoms with van der Waals surface area (Å²) >= 11 is 0. The molecule has 0 heterocycles. The fourth-order valence-corrected chi connectivity index (χ4v) is 0.643. The summed E-state index contributed by atoms with van der Waals surface area (Å²) < 4.78 is 24.0. The van der Waals surface area contributed by atoms with Crippen molar-refractivity contribution in [3.05, 3.63) is 0 Å². The number of hydrogen-bond acceptors (Lipinski definition) is 5. The first-order valence-electron chi connectivity index (χ1n) is 3.40. The number of aliphatic hydroxyl groups is 4. The molecule has 0 aliphatic rings. The number of rotatable bonds is 5. The highest BCUT2D eigenvalue weighted by molar-refractivity contribution is 5.73. The Morgan fingerprint density at radius 2 is 1.69 bits per heavy atom. The van der Waals surface area contributed by atoms with Crippen LogP contribution in [0.3, 0.4) is 0 Å². The number of alkyl halides is 1. The molecule has 0 unspecified atom stereocenters. The van der Waals surface area contributed by atoms with E-state index in [1.807, 2.05) is 0 Å². The molecule has 7 heteroatoms. The summed E-state index contributed by atoms with van der Waals surface area (Å²) in [5.74, 6) is 0. The molecule has 0 aromatic rings. The lowest BCUT2D eigenvalue weighted by molar-refractivity contribution is -0.148. The predicted molar refractivity (Wildman–Crippen MR) is 36.1 cm³/mol. The van der Waals surface area contributed by atoms with E-state index in [9.17, 15) is 13.6 Å². The van der Waals surface area contributed by atoms with E-state index in [2.05, 4.69) is 0 Å². The molecule has 0 aromatic carbocycles. The van der Waals surface area contributed by atoms with Gasteiger partial charge in [-0.2, -0.15) is 4.39 Å². The Morgan fingerprint density at radius 1 is 1.23 bits per heavy atom. The molecule has 0 spiro atoms. The average Bonchev–Trinajstić information content (AvgIpc) is 2.12. The van der Waals surface area contributed by atoms with Crippen LogP contribution in [0.15, 0.2) is 0 Å². The first-order chi connectivity index (χ1) is 5.91. The van der Waals surface area contributed by atoms with E-state index in [-0.39, 0.29) is 0 Å². The summed E-state index contributed by atoms with van der Waals surface area (Å²) in [5.41, 5.74) is 0. The van der Waals surface area contributed by atoms with Crippen LogP contribution in [-0.2, 0) is 4.79 Å². The molecule has 0 saturated carbocycles. The molecular formula is C6H10F2O5. The monoisotopic (exact) mass is 200 g/mol. The van der Waals surface area contributed by atoms with Crippen LogP contribution in [0.25, 0.3) is 0 Å². The van der Waals surface area contributed by atoms with Crippen LogP contribution in [0.5, 0.6) is 0 Å². The van der Waals surface area contributed by atoms with Crippen molar-refractivity contribution in [2.24, 2.45) is 0 Å². The number of hydrogen-bond donors (Lipinski definition) is 4. The van der Waals surface area contributed by atoms with Crippen molar-refractivity contribution in [1.82, 2.24) is 0 Å². The van der Waals surface area contributed by atoms with Gasteiger partial charge in [-0.05, 0) is 0 Å². The molecule has 4 atom stereocenters. The topological polar surface area (TPSA) is 98.0 Å². The van der Waals surface area contributed by atoms with Crippen molar-refractivity contribution in [2.75, 3.05) is 6.61 Å². The van der Waals surface area contributed by atoms with E-state index < -0.39 is 37.1 Å². The number of aliphatic hydroxyl groups excluding tert-OH is 4. The van der Waals surface area contributed by atoms with Crippen molar-refractivity contribution in [1.29, 1.82) is 0 Å². The molecule has 0 radical (unpaired) electrons. The van der Waals surface area contributed by atoms with Gasteiger partial charge < -0.3 is 20.4 Å². The lowest BCUT2D eigenvalue weighted by Crippen LogP contribution is -2.46. The first kappa shape index (κ1) is 12.4. The van der Waals surface area contributed by atoms with Crippen molar-refractivity contribution in [2.45, 2.75) is 24.5 Å². The lowest BCUT2D eigenvalue weighted by Gasteiger charge is -2.21. The summed E-state index contributed by atoms with van der Waals surface area (Å²) in [7, 11) is 0. The normalized spacial score (nSPS) is 20.5. The maximum Gasteiger partial charge on any atom is 0.338 e. The SMILES string of the molecule is O=C(F)[C@H](F)[C@@H](O)[C@H](O)[C@H](O)CO. The molecule has 0 saturated heterocycles. The molecule has 0 amide bonds. The standard InChI is InChI=1S/C6H10F2O5/c7-3(6(8)13)5(12)4(11)2(10)1-9/h2-5,9-12H,1H2/t2-,3-,4-,5-/m1/s1. The maximum absolute atomic E-state index is 12.3. The van der Waals surface area contributed by atoms with Gasteiger partial charge in [0.15, 0.2) is 0 Å². The van der Waals surface area contributed by atoms with Gasteiger partial charge in [-0.15, -0.1) is 0 Å². The van der Waals surface area contributed by atoms with Gasteiger partial charge in [-0.1, -0.05) is 0 Å². The molecule has 78 valence electrons. The summed E-state index contributed by atoms with van der Waals surface area (Å²) in [6.45, 7) is -0.939. The molecule has 0 aromatic heterocycles. The first-order valence-corrected chi connectivity index (χ1v) is 3.40. The van der Waals surface area contributed by atoms with Crippen LogP contribution < -0.4 is 0 Å². The molecule has 0 fully saturated rings. The van der Waals surface area contributed by atoms with Crippen LogP contribution in [0.1, 0.15) is 0 Å². The zero-order valence-electron chi connectivity index (χ0n) is 6.47. The lowest BCUT2D eigenvalue weighted by atomic mass is 10.1. The minimum atomic E-state index is -2.92. The third-order valence-corrected chi connectivity index (χ3v) is 1.45. The molecule has 0 aliphatic heterocycles. The van der Waals surface area contributed by atoms with Crippen molar-refractivity contribution < 1.29 is 34.0 Å². The number of halogens is 2. The van der Waals surface area contributed by atoms with Gasteiger partial charge in [-0.25, -0.2) is 4.39 Å². The highest BCUT2D eigenvalue weighted by atomic mass is 19.2. The van der Waals surface area contributed by atoms with E-state index >= 15 is 0 Å². The van der Waals surface area contributed by atoms with E-state index in [1.165, 1.54) is 0 Å². The van der Waals surface area contributed by atoms with Crippen molar-refractivity contribution >= 4 is 6.04 Å². The molecule has 13 heavy (non-hydrogen) atoms. The fourth-order valence-electron chi connectivity index (χ4n) is 0.643. The van der Waals surface area contributed by atoms with E-state index in [0.717, 1.165) is 0 Å². The Morgan fingerprint density at radius 3 is 2.00 bits per heavy atom. The largest absolute Gasteiger partial charge is 0.394 e. The summed E-state index contributed by atoms with van der Waals surface area (Å²) in [4.78, 5) is 9.74. The minimum Gasteiger partial charge on any atom is -0.394 e. The zero-order valence-corrected chi connectivity index (χ0v) is 6.47. The zero-order chi connectivity index (χ0) is 10.6. The highest BCUT2D eigenvalue weighted by Crippen LogP contribution is 2.09. The summed E-state index contributed by atoms with van der Waals surface area (Å²) in [6, 6.07) is -2.45. The Kier molecular flexibility index (Phi) is 4.92. The van der Waals surface area contributed by atoms with E-state index in [4.69, 9.17) is 20.4 Å². The maximum atomic E-state index is 12.3. The predicted octanol–water partition coefficient (Wildman–Crippen LogP) is -2.10. The van der Waals surface area contributed by atoms with Crippen LogP contribution in [0, 0.1) is 0 Å². The Hall–Kier alpha value is -0.630. The molecule has 0 rings (SSSR count). The van der Waals surface area contributed by atoms with Gasteiger partial charge in [0.05, 0.1) is 6.61 Å². The van der Waals surface area contributed by atoms with Gasteiger partial charge in [0.2, 0.25) is 6.17 Å². The van der Waals surface area contributed by atoms with Crippen LogP contribution >= 0.6 is 0 Å². The minimum absolute atomic E-state index is 0.939. The van der Waals surface area contributed by atoms with Gasteiger partial charge in [0.25, 0.3) is 0 Å². The third-order valence-electron chi connectivity index (χ3n) is 1.45. The van der Waals surface area contributed by atoms with E-state index in [0.29, 0.717) is 0 Å². The van der Waals surface area contributed by atoms with Crippen LogP contribution in [-0.4, -0.2) is 57.6 Å². The fraction of sp³-hybridized carbons (Fsp3) is 0.833. The van der Waals surface area contributed by atoms with Crippen LogP contribution in [0.2, 0.25) is 0 Å². The molecular weight excluding hydrogens is 190 g/mol. The molecule has 0 aliphatic carbocycles. The number of carbonyl (C=O) groups is 1. The second kappa shape index (κ2) is 5.18. The molecule has 4 N–H and O–H groups in total. The van der Waals surface area contributed by atoms with Gasteiger partial charge in [0.1, 0.15) is 18.3 Å². The van der Waals surface area contributed by atoms with Crippen molar-refractivity contribution in [3.63, 3.8) is 0 Å². The van der Waals surface area contributed by atoms with Gasteiger partial charge in [-0.3, -0.25) is 4.79 Å². The Bertz CT molecular complexity index is 176. The van der Waals surface area contributed by atoms with Gasteiger partial charge >= 0.3 is 6.04 Å². The quantitative estimate of drug-likeness (QED) is 0.381. The van der Waals surface area contributed by atoms with Crippen LogP contribution in [0.4, 0.5) is 8.78 Å². The van der Waals surface area contributed by atoms with Gasteiger partial charge in [0, 0.05) is 0 Å². The highest BCUT2D eigenvalue weighted by Gasteiger charge is 2.35. The van der Waals surface area contributed by atoms with E-state index in [1.54, 1.807) is 0 Å². The smallest absolute Gasteiger partial charge is 0.338 e.